The van der Waals surface area contributed by atoms with Crippen LogP contribution < -0.4 is 0 Å². The summed E-state index contributed by atoms with van der Waals surface area (Å²) in [5.74, 6) is -5.42. The summed E-state index contributed by atoms with van der Waals surface area (Å²) < 4.78 is 67.7. The summed E-state index contributed by atoms with van der Waals surface area (Å²) in [6.07, 6.45) is 2.21. The monoisotopic (exact) mass is 401 g/mol. The first-order valence-electron chi connectivity index (χ1n) is 8.12. The number of hydrogen-bond donors (Lipinski definition) is 1. The Morgan fingerprint density at radius 1 is 1.11 bits per heavy atom. The molecule has 1 N–H and O–H groups in total. The Labute approximate surface area is 152 Å². The molecule has 27 heavy (non-hydrogen) atoms. The maximum Gasteiger partial charge on any atom is 0.276 e. The summed E-state index contributed by atoms with van der Waals surface area (Å²) in [4.78, 5) is 13.0. The summed E-state index contributed by atoms with van der Waals surface area (Å²) in [6.45, 7) is 0.180. The first kappa shape index (κ1) is 17.9. The van der Waals surface area contributed by atoms with Gasteiger partial charge in [-0.2, -0.15) is 19.7 Å². The number of H-pyrrole nitrogens is 1. The zero-order valence-corrected chi connectivity index (χ0v) is 14.6. The number of halogens is 3. The van der Waals surface area contributed by atoms with E-state index >= 15 is 0 Å². The minimum Gasteiger partial charge on any atom is -0.334 e. The van der Waals surface area contributed by atoms with Crippen molar-refractivity contribution in [2.75, 3.05) is 13.1 Å². The molecule has 2 unspecified atom stereocenters. The van der Waals surface area contributed by atoms with Crippen LogP contribution in [-0.4, -0.2) is 64.1 Å². The Balaban J connectivity index is 1.63. The van der Waals surface area contributed by atoms with Gasteiger partial charge >= 0.3 is 0 Å². The SMILES string of the molecule is O=C(c1cn[nH]n1)N1CC2CCC(C1)N2S(=O)(=O)c1ccc(F)c(F)c1F. The van der Waals surface area contributed by atoms with E-state index in [9.17, 15) is 26.4 Å². The van der Waals surface area contributed by atoms with Crippen molar-refractivity contribution in [3.05, 3.63) is 41.5 Å². The first-order chi connectivity index (χ1) is 12.8. The van der Waals surface area contributed by atoms with Gasteiger partial charge < -0.3 is 4.90 Å². The van der Waals surface area contributed by atoms with Crippen LogP contribution in [0.15, 0.2) is 23.2 Å². The molecule has 3 heterocycles. The third kappa shape index (κ3) is 2.79. The molecule has 2 aromatic rings. The summed E-state index contributed by atoms with van der Waals surface area (Å²) in [5.41, 5.74) is 0.109. The zero-order valence-electron chi connectivity index (χ0n) is 13.8. The van der Waals surface area contributed by atoms with Crippen molar-refractivity contribution < 1.29 is 26.4 Å². The number of aromatic amines is 1. The second kappa shape index (κ2) is 6.30. The van der Waals surface area contributed by atoms with Gasteiger partial charge in [0.15, 0.2) is 23.1 Å². The molecule has 12 heteroatoms. The zero-order chi connectivity index (χ0) is 19.3. The lowest BCUT2D eigenvalue weighted by Crippen LogP contribution is -2.57. The predicted octanol–water partition coefficient (Wildman–Crippen LogP) is 0.900. The fraction of sp³-hybridized carbons (Fsp3) is 0.400. The van der Waals surface area contributed by atoms with E-state index in [1.54, 1.807) is 0 Å². The summed E-state index contributed by atoms with van der Waals surface area (Å²) in [5, 5.41) is 9.63. The highest BCUT2D eigenvalue weighted by atomic mass is 32.2. The molecule has 4 rings (SSSR count). The van der Waals surface area contributed by atoms with Crippen molar-refractivity contribution in [2.24, 2.45) is 0 Å². The van der Waals surface area contributed by atoms with E-state index < -0.39 is 50.4 Å². The number of benzene rings is 1. The van der Waals surface area contributed by atoms with Gasteiger partial charge in [-0.15, -0.1) is 0 Å². The Bertz CT molecular complexity index is 984. The van der Waals surface area contributed by atoms with Crippen LogP contribution in [0.2, 0.25) is 0 Å². The van der Waals surface area contributed by atoms with Crippen LogP contribution in [0, 0.1) is 17.5 Å². The number of fused-ring (bicyclic) bond motifs is 2. The largest absolute Gasteiger partial charge is 0.334 e. The van der Waals surface area contributed by atoms with Crippen molar-refractivity contribution in [3.8, 4) is 0 Å². The van der Waals surface area contributed by atoms with Crippen LogP contribution in [0.4, 0.5) is 13.2 Å². The number of piperazine rings is 1. The van der Waals surface area contributed by atoms with Gasteiger partial charge in [0, 0.05) is 25.2 Å². The molecule has 2 bridgehead atoms. The topological polar surface area (TPSA) is 99.3 Å². The highest BCUT2D eigenvalue weighted by Crippen LogP contribution is 2.36. The lowest BCUT2D eigenvalue weighted by atomic mass is 10.2. The smallest absolute Gasteiger partial charge is 0.276 e. The van der Waals surface area contributed by atoms with E-state index in [1.165, 1.54) is 11.1 Å². The predicted molar refractivity (Wildman–Crippen MR) is 84.4 cm³/mol. The lowest BCUT2D eigenvalue weighted by Gasteiger charge is -2.39. The van der Waals surface area contributed by atoms with Crippen molar-refractivity contribution in [3.63, 3.8) is 0 Å². The third-order valence-electron chi connectivity index (χ3n) is 4.89. The standard InChI is InChI=1S/C15H14F3N5O3S/c16-10-3-4-12(14(18)13(10)17)27(25,26)23-8-1-2-9(23)7-22(6-8)15(24)11-5-19-21-20-11/h3-5,8-9H,1-2,6-7H2,(H,19,20,21). The van der Waals surface area contributed by atoms with E-state index in [2.05, 4.69) is 15.4 Å². The fourth-order valence-electron chi connectivity index (χ4n) is 3.71. The molecule has 0 radical (unpaired) electrons. The second-order valence-corrected chi connectivity index (χ2v) is 8.27. The maximum atomic E-state index is 14.1. The number of rotatable bonds is 3. The van der Waals surface area contributed by atoms with Crippen LogP contribution in [-0.2, 0) is 10.0 Å². The Morgan fingerprint density at radius 2 is 1.78 bits per heavy atom. The molecule has 2 atom stereocenters. The first-order valence-corrected chi connectivity index (χ1v) is 9.56. The molecule has 1 amide bonds. The molecule has 2 aliphatic rings. The summed E-state index contributed by atoms with van der Waals surface area (Å²) in [7, 11) is -4.39. The third-order valence-corrected chi connectivity index (χ3v) is 6.91. The molecule has 0 saturated carbocycles. The summed E-state index contributed by atoms with van der Waals surface area (Å²) >= 11 is 0. The number of carbonyl (C=O) groups excluding carboxylic acids is 1. The number of aromatic nitrogens is 3. The molecule has 1 aromatic heterocycles. The molecule has 8 nitrogen and oxygen atoms in total. The van der Waals surface area contributed by atoms with Gasteiger partial charge in [0.1, 0.15) is 4.90 Å². The number of nitrogens with zero attached hydrogens (tertiary/aromatic N) is 4. The van der Waals surface area contributed by atoms with Crippen LogP contribution in [0.25, 0.3) is 0 Å². The van der Waals surface area contributed by atoms with Crippen LogP contribution in [0.3, 0.4) is 0 Å². The Kier molecular flexibility index (Phi) is 4.18. The highest BCUT2D eigenvalue weighted by molar-refractivity contribution is 7.89. The van der Waals surface area contributed by atoms with Crippen molar-refractivity contribution in [1.29, 1.82) is 0 Å². The van der Waals surface area contributed by atoms with Gasteiger partial charge in [0.25, 0.3) is 5.91 Å². The molecule has 0 spiro atoms. The Morgan fingerprint density at radius 3 is 2.37 bits per heavy atom. The normalized spacial score (nSPS) is 23.0. The van der Waals surface area contributed by atoms with E-state index in [4.69, 9.17) is 0 Å². The molecule has 144 valence electrons. The average Bonchev–Trinajstić information content (AvgIpc) is 3.26. The van der Waals surface area contributed by atoms with Crippen LogP contribution in [0.5, 0.6) is 0 Å². The van der Waals surface area contributed by atoms with Crippen molar-refractivity contribution in [2.45, 2.75) is 29.8 Å². The highest BCUT2D eigenvalue weighted by Gasteiger charge is 2.48. The average molecular weight is 401 g/mol. The van der Waals surface area contributed by atoms with Gasteiger partial charge in [-0.3, -0.25) is 4.79 Å². The molecule has 2 aliphatic heterocycles. The van der Waals surface area contributed by atoms with Gasteiger partial charge in [-0.1, -0.05) is 0 Å². The van der Waals surface area contributed by atoms with E-state index in [-0.39, 0.29) is 18.8 Å². The Hall–Kier alpha value is -2.47. The molecular formula is C15H14F3N5O3S. The van der Waals surface area contributed by atoms with E-state index in [0.717, 1.165) is 10.4 Å². The van der Waals surface area contributed by atoms with Gasteiger partial charge in [0.05, 0.1) is 6.20 Å². The van der Waals surface area contributed by atoms with Crippen LogP contribution in [0.1, 0.15) is 23.3 Å². The van der Waals surface area contributed by atoms with Crippen molar-refractivity contribution in [1.82, 2.24) is 24.6 Å². The van der Waals surface area contributed by atoms with Crippen LogP contribution >= 0.6 is 0 Å². The number of likely N-dealkylation sites (tertiary alicyclic amines) is 1. The van der Waals surface area contributed by atoms with Gasteiger partial charge in [-0.05, 0) is 25.0 Å². The molecule has 2 fully saturated rings. The number of sulfonamides is 1. The number of carbonyl (C=O) groups is 1. The fourth-order valence-corrected chi connectivity index (χ4v) is 5.62. The number of hydrogen-bond acceptors (Lipinski definition) is 5. The molecule has 2 saturated heterocycles. The lowest BCUT2D eigenvalue weighted by molar-refractivity contribution is 0.0608. The number of nitrogens with one attached hydrogen (secondary N) is 1. The number of amides is 1. The van der Waals surface area contributed by atoms with E-state index in [0.29, 0.717) is 18.9 Å². The van der Waals surface area contributed by atoms with Crippen molar-refractivity contribution >= 4 is 15.9 Å². The minimum absolute atomic E-state index is 0.0900. The van der Waals surface area contributed by atoms with Gasteiger partial charge in [-0.25, -0.2) is 21.6 Å². The maximum absolute atomic E-state index is 14.1. The quantitative estimate of drug-likeness (QED) is 0.771. The van der Waals surface area contributed by atoms with E-state index in [1.807, 2.05) is 0 Å². The van der Waals surface area contributed by atoms with Gasteiger partial charge in [0.2, 0.25) is 10.0 Å². The molecule has 1 aromatic carbocycles. The second-order valence-electron chi connectivity index (χ2n) is 6.46. The minimum atomic E-state index is -4.39. The summed E-state index contributed by atoms with van der Waals surface area (Å²) in [6, 6.07) is 0.127. The molecular weight excluding hydrogens is 387 g/mol. The molecule has 0 aliphatic carbocycles.